The third kappa shape index (κ3) is 3.15. The normalized spacial score (nSPS) is 40.0. The van der Waals surface area contributed by atoms with Crippen molar-refractivity contribution in [2.75, 3.05) is 0 Å². The maximum atomic E-state index is 12.2. The van der Waals surface area contributed by atoms with Crippen LogP contribution < -0.4 is 0 Å². The summed E-state index contributed by atoms with van der Waals surface area (Å²) in [6.07, 6.45) is 7.70. The molecule has 0 aromatic rings. The lowest BCUT2D eigenvalue weighted by atomic mass is 9.77. The van der Waals surface area contributed by atoms with Crippen molar-refractivity contribution < 1.29 is 14.5 Å². The average Bonchev–Trinajstić information content (AvgIpc) is 2.47. The molecule has 2 fully saturated rings. The summed E-state index contributed by atoms with van der Waals surface area (Å²) >= 11 is 3.66. The van der Waals surface area contributed by atoms with Gasteiger partial charge in [0.15, 0.2) is 0 Å². The van der Waals surface area contributed by atoms with Gasteiger partial charge in [0, 0.05) is 34.1 Å². The van der Waals surface area contributed by atoms with Gasteiger partial charge in [-0.25, -0.2) is 4.79 Å². The fourth-order valence-electron chi connectivity index (χ4n) is 3.85. The zero-order valence-electron chi connectivity index (χ0n) is 11.9. The third-order valence-corrected chi connectivity index (χ3v) is 5.92. The van der Waals surface area contributed by atoms with Gasteiger partial charge < -0.3 is 4.74 Å². The van der Waals surface area contributed by atoms with Gasteiger partial charge in [-0.15, -0.1) is 0 Å². The topological polar surface area (TPSA) is 69.4 Å². The minimum absolute atomic E-state index is 0.0326. The molecule has 0 unspecified atom stereocenters. The molecular formula is C15H20BrNO4. The highest BCUT2D eigenvalue weighted by Crippen LogP contribution is 2.40. The van der Waals surface area contributed by atoms with Gasteiger partial charge in [-0.3, -0.25) is 10.1 Å². The van der Waals surface area contributed by atoms with Crippen LogP contribution in [0.3, 0.4) is 0 Å². The molecule has 6 heteroatoms. The number of hydrogen-bond donors (Lipinski definition) is 0. The number of hydrogen-bond acceptors (Lipinski definition) is 4. The molecule has 0 aromatic heterocycles. The van der Waals surface area contributed by atoms with Gasteiger partial charge in [0.25, 0.3) is 0 Å². The van der Waals surface area contributed by atoms with Gasteiger partial charge in [-0.1, -0.05) is 22.0 Å². The number of carbonyl (C=O) groups is 1. The Labute approximate surface area is 132 Å². The van der Waals surface area contributed by atoms with Crippen molar-refractivity contribution in [1.29, 1.82) is 0 Å². The summed E-state index contributed by atoms with van der Waals surface area (Å²) in [5, 5.41) is 10.8. The Bertz CT molecular complexity index is 470. The van der Waals surface area contributed by atoms with E-state index in [1.807, 2.05) is 0 Å². The van der Waals surface area contributed by atoms with Crippen LogP contribution in [0.15, 0.2) is 11.6 Å². The molecule has 0 saturated heterocycles. The highest BCUT2D eigenvalue weighted by molar-refractivity contribution is 9.09. The van der Waals surface area contributed by atoms with E-state index in [9.17, 15) is 14.9 Å². The maximum absolute atomic E-state index is 12.2. The van der Waals surface area contributed by atoms with E-state index in [0.29, 0.717) is 23.6 Å². The first kappa shape index (κ1) is 15.0. The van der Waals surface area contributed by atoms with E-state index in [2.05, 4.69) is 22.0 Å². The lowest BCUT2D eigenvalue weighted by Crippen LogP contribution is -2.39. The lowest BCUT2D eigenvalue weighted by molar-refractivity contribution is -0.526. The molecule has 2 aliphatic carbocycles. The first-order valence-electron chi connectivity index (χ1n) is 7.75. The number of nitro groups is 1. The zero-order chi connectivity index (χ0) is 15.0. The molecule has 5 nitrogen and oxygen atoms in total. The second kappa shape index (κ2) is 6.07. The molecule has 3 atom stereocenters. The van der Waals surface area contributed by atoms with Gasteiger partial charge in [0.1, 0.15) is 6.10 Å². The molecule has 116 valence electrons. The van der Waals surface area contributed by atoms with Crippen molar-refractivity contribution in [2.45, 2.75) is 61.9 Å². The van der Waals surface area contributed by atoms with E-state index >= 15 is 0 Å². The molecule has 2 saturated carbocycles. The molecule has 0 aromatic carbocycles. The molecule has 0 spiro atoms. The van der Waals surface area contributed by atoms with Crippen molar-refractivity contribution >= 4 is 21.9 Å². The smallest absolute Gasteiger partial charge is 0.334 e. The van der Waals surface area contributed by atoms with Gasteiger partial charge >= 0.3 is 5.97 Å². The number of esters is 1. The average molecular weight is 358 g/mol. The van der Waals surface area contributed by atoms with Crippen LogP contribution in [0.1, 0.15) is 44.9 Å². The second-order valence-electron chi connectivity index (χ2n) is 6.43. The van der Waals surface area contributed by atoms with Crippen LogP contribution >= 0.6 is 15.9 Å². The highest BCUT2D eigenvalue weighted by atomic mass is 79.9. The van der Waals surface area contributed by atoms with Crippen LogP contribution in [0.2, 0.25) is 0 Å². The summed E-state index contributed by atoms with van der Waals surface area (Å²) in [7, 11) is 0. The van der Waals surface area contributed by atoms with Gasteiger partial charge in [-0.05, 0) is 38.0 Å². The first-order chi connectivity index (χ1) is 10.0. The summed E-state index contributed by atoms with van der Waals surface area (Å²) in [4.78, 5) is 23.3. The van der Waals surface area contributed by atoms with E-state index in [1.54, 1.807) is 0 Å². The van der Waals surface area contributed by atoms with Crippen molar-refractivity contribution in [3.63, 3.8) is 0 Å². The molecule has 1 aliphatic heterocycles. The minimum Gasteiger partial charge on any atom is -0.458 e. The summed E-state index contributed by atoms with van der Waals surface area (Å²) < 4.78 is 5.62. The molecule has 0 bridgehead atoms. The van der Waals surface area contributed by atoms with E-state index in [-0.39, 0.29) is 22.9 Å². The monoisotopic (exact) mass is 357 g/mol. The minimum atomic E-state index is -0.434. The zero-order valence-corrected chi connectivity index (χ0v) is 13.5. The summed E-state index contributed by atoms with van der Waals surface area (Å²) in [5.74, 6) is 0.267. The largest absolute Gasteiger partial charge is 0.458 e. The Hall–Kier alpha value is -0.910. The summed E-state index contributed by atoms with van der Waals surface area (Å²) in [6, 6.07) is -0.434. The van der Waals surface area contributed by atoms with Crippen LogP contribution in [0.4, 0.5) is 0 Å². The number of alkyl halides is 1. The Morgan fingerprint density at radius 1 is 1.19 bits per heavy atom. The van der Waals surface area contributed by atoms with Crippen molar-refractivity contribution in [3.8, 4) is 0 Å². The highest BCUT2D eigenvalue weighted by Gasteiger charge is 2.39. The SMILES string of the molecule is O=C1O[C@H]2CC[C@@H](Br)C[C@H]2C=C1C1CCC([N+](=O)[O-])CC1. The fraction of sp³-hybridized carbons (Fsp3) is 0.800. The Kier molecular flexibility index (Phi) is 4.33. The molecule has 21 heavy (non-hydrogen) atoms. The van der Waals surface area contributed by atoms with Crippen LogP contribution in [0.25, 0.3) is 0 Å². The van der Waals surface area contributed by atoms with E-state index in [0.717, 1.165) is 37.7 Å². The van der Waals surface area contributed by atoms with Crippen molar-refractivity contribution in [2.24, 2.45) is 11.8 Å². The van der Waals surface area contributed by atoms with Crippen LogP contribution in [-0.2, 0) is 9.53 Å². The van der Waals surface area contributed by atoms with Crippen molar-refractivity contribution in [3.05, 3.63) is 21.8 Å². The van der Waals surface area contributed by atoms with Gasteiger partial charge in [0.2, 0.25) is 6.04 Å². The number of carbonyl (C=O) groups excluding carboxylic acids is 1. The van der Waals surface area contributed by atoms with Crippen LogP contribution in [-0.4, -0.2) is 27.9 Å². The van der Waals surface area contributed by atoms with E-state index in [4.69, 9.17) is 4.74 Å². The van der Waals surface area contributed by atoms with Crippen molar-refractivity contribution in [1.82, 2.24) is 0 Å². The molecular weight excluding hydrogens is 338 g/mol. The number of fused-ring (bicyclic) bond motifs is 1. The van der Waals surface area contributed by atoms with E-state index < -0.39 is 6.04 Å². The maximum Gasteiger partial charge on any atom is 0.334 e. The number of ether oxygens (including phenoxy) is 1. The Morgan fingerprint density at radius 2 is 1.90 bits per heavy atom. The van der Waals surface area contributed by atoms with Gasteiger partial charge in [0.05, 0.1) is 0 Å². The standard InChI is InChI=1S/C15H20BrNO4/c16-11-3-6-14-10(7-11)8-13(15(18)21-14)9-1-4-12(5-2-9)17(19)20/h8-12,14H,1-7H2/t9?,10-,11+,12?,14-/m0/s1. The molecule has 3 rings (SSSR count). The van der Waals surface area contributed by atoms with Gasteiger partial charge in [-0.2, -0.15) is 0 Å². The molecule has 1 heterocycles. The first-order valence-corrected chi connectivity index (χ1v) is 8.66. The molecule has 0 amide bonds. The summed E-state index contributed by atoms with van der Waals surface area (Å²) in [6.45, 7) is 0. The predicted octanol–water partition coefficient (Wildman–Crippen LogP) is 3.24. The van der Waals surface area contributed by atoms with E-state index in [1.165, 1.54) is 0 Å². The third-order valence-electron chi connectivity index (χ3n) is 5.09. The second-order valence-corrected chi connectivity index (χ2v) is 7.73. The van der Waals surface area contributed by atoms with Crippen LogP contribution in [0, 0.1) is 22.0 Å². The predicted molar refractivity (Wildman–Crippen MR) is 80.8 cm³/mol. The molecule has 3 aliphatic rings. The Balaban J connectivity index is 1.70. The lowest BCUT2D eigenvalue weighted by Gasteiger charge is -2.37. The quantitative estimate of drug-likeness (QED) is 0.329. The molecule has 0 N–H and O–H groups in total. The number of halogens is 1. The fourth-order valence-corrected chi connectivity index (χ4v) is 4.55. The number of nitrogens with zero attached hydrogens (tertiary/aromatic N) is 1. The summed E-state index contributed by atoms with van der Waals surface area (Å²) in [5.41, 5.74) is 0.777. The molecule has 0 radical (unpaired) electrons. The Morgan fingerprint density at radius 3 is 2.57 bits per heavy atom. The van der Waals surface area contributed by atoms with Crippen LogP contribution in [0.5, 0.6) is 0 Å². The number of rotatable bonds is 2.